The molecule has 0 spiro atoms. The van der Waals surface area contributed by atoms with Crippen LogP contribution in [0.25, 0.3) is 0 Å². The van der Waals surface area contributed by atoms with Crippen molar-refractivity contribution in [2.75, 3.05) is 26.2 Å². The van der Waals surface area contributed by atoms with E-state index in [1.54, 1.807) is 0 Å². The third kappa shape index (κ3) is 4.82. The first-order chi connectivity index (χ1) is 8.86. The minimum atomic E-state index is -0.351. The van der Waals surface area contributed by atoms with Crippen molar-refractivity contribution in [3.05, 3.63) is 0 Å². The number of amides is 2. The lowest BCUT2D eigenvalue weighted by atomic mass is 9.90. The molecule has 19 heavy (non-hydrogen) atoms. The largest absolute Gasteiger partial charge is 0.396 e. The summed E-state index contributed by atoms with van der Waals surface area (Å²) in [5.41, 5.74) is -0.351. The second-order valence-electron chi connectivity index (χ2n) is 6.18. The van der Waals surface area contributed by atoms with Crippen molar-refractivity contribution in [2.45, 2.75) is 40.0 Å². The Balaban J connectivity index is 2.36. The highest BCUT2D eigenvalue weighted by atomic mass is 16.3. The van der Waals surface area contributed by atoms with Crippen LogP contribution in [-0.2, 0) is 9.59 Å². The number of aliphatic hydroxyl groups is 1. The molecule has 5 heteroatoms. The Labute approximate surface area is 115 Å². The molecule has 1 saturated heterocycles. The number of rotatable bonds is 4. The highest BCUT2D eigenvalue weighted by Gasteiger charge is 2.32. The number of carbonyl (C=O) groups is 2. The zero-order chi connectivity index (χ0) is 14.5. The molecule has 1 heterocycles. The Kier molecular flexibility index (Phi) is 5.79. The highest BCUT2D eigenvalue weighted by Crippen LogP contribution is 2.23. The van der Waals surface area contributed by atoms with E-state index < -0.39 is 0 Å². The van der Waals surface area contributed by atoms with Crippen LogP contribution in [0, 0.1) is 11.3 Å². The Hall–Kier alpha value is -1.10. The number of hydrogen-bond donors (Lipinski definition) is 2. The van der Waals surface area contributed by atoms with Gasteiger partial charge in [0.25, 0.3) is 0 Å². The summed E-state index contributed by atoms with van der Waals surface area (Å²) < 4.78 is 0. The van der Waals surface area contributed by atoms with Crippen LogP contribution >= 0.6 is 0 Å². The summed E-state index contributed by atoms with van der Waals surface area (Å²) in [4.78, 5) is 25.8. The molecule has 5 nitrogen and oxygen atoms in total. The van der Waals surface area contributed by atoms with Gasteiger partial charge >= 0.3 is 0 Å². The van der Waals surface area contributed by atoms with Crippen molar-refractivity contribution in [2.24, 2.45) is 11.3 Å². The van der Waals surface area contributed by atoms with E-state index in [9.17, 15) is 9.59 Å². The van der Waals surface area contributed by atoms with Gasteiger partial charge in [-0.1, -0.05) is 20.8 Å². The van der Waals surface area contributed by atoms with Gasteiger partial charge in [-0.3, -0.25) is 9.59 Å². The van der Waals surface area contributed by atoms with Gasteiger partial charge in [-0.25, -0.2) is 0 Å². The van der Waals surface area contributed by atoms with Crippen LogP contribution in [0.1, 0.15) is 40.0 Å². The second kappa shape index (κ2) is 6.89. The van der Waals surface area contributed by atoms with Crippen molar-refractivity contribution in [1.82, 2.24) is 10.2 Å². The maximum absolute atomic E-state index is 12.1. The van der Waals surface area contributed by atoms with Crippen LogP contribution < -0.4 is 5.32 Å². The molecule has 0 aromatic heterocycles. The third-order valence-corrected chi connectivity index (χ3v) is 3.43. The van der Waals surface area contributed by atoms with E-state index in [0.717, 1.165) is 12.8 Å². The minimum Gasteiger partial charge on any atom is -0.396 e. The highest BCUT2D eigenvalue weighted by molar-refractivity contribution is 5.82. The quantitative estimate of drug-likeness (QED) is 0.741. The molecule has 0 radical (unpaired) electrons. The van der Waals surface area contributed by atoms with Gasteiger partial charge in [-0.15, -0.1) is 0 Å². The third-order valence-electron chi connectivity index (χ3n) is 3.43. The maximum Gasteiger partial charge on any atom is 0.227 e. The lowest BCUT2D eigenvalue weighted by Gasteiger charge is -2.35. The summed E-state index contributed by atoms with van der Waals surface area (Å²) in [5.74, 6) is 0.214. The van der Waals surface area contributed by atoms with E-state index in [0.29, 0.717) is 26.1 Å². The second-order valence-corrected chi connectivity index (χ2v) is 6.18. The SMILES string of the molecule is CC(C)(C)C(=O)N1CCC(C(=O)NCCCO)CC1. The van der Waals surface area contributed by atoms with Crippen LogP contribution in [0.4, 0.5) is 0 Å². The van der Waals surface area contributed by atoms with E-state index in [1.165, 1.54) is 0 Å². The first kappa shape index (κ1) is 16.0. The lowest BCUT2D eigenvalue weighted by Crippen LogP contribution is -2.46. The number of nitrogens with zero attached hydrogens (tertiary/aromatic N) is 1. The van der Waals surface area contributed by atoms with E-state index in [4.69, 9.17) is 5.11 Å². The van der Waals surface area contributed by atoms with Crippen molar-refractivity contribution in [1.29, 1.82) is 0 Å². The standard InChI is InChI=1S/C14H26N2O3/c1-14(2,3)13(19)16-8-5-11(6-9-16)12(18)15-7-4-10-17/h11,17H,4-10H2,1-3H3,(H,15,18). The zero-order valence-corrected chi connectivity index (χ0v) is 12.2. The Bertz CT molecular complexity index is 315. The Morgan fingerprint density at radius 2 is 1.84 bits per heavy atom. The Morgan fingerprint density at radius 1 is 1.26 bits per heavy atom. The summed E-state index contributed by atoms with van der Waals surface area (Å²) in [6.45, 7) is 7.70. The number of piperidine rings is 1. The van der Waals surface area contributed by atoms with Gasteiger partial charge in [-0.05, 0) is 19.3 Å². The average molecular weight is 270 g/mol. The summed E-state index contributed by atoms with van der Waals surface area (Å²) in [7, 11) is 0. The van der Waals surface area contributed by atoms with Crippen LogP contribution in [0.2, 0.25) is 0 Å². The van der Waals surface area contributed by atoms with Gasteiger partial charge in [0, 0.05) is 37.6 Å². The zero-order valence-electron chi connectivity index (χ0n) is 12.2. The monoisotopic (exact) mass is 270 g/mol. The Morgan fingerprint density at radius 3 is 2.32 bits per heavy atom. The first-order valence-corrected chi connectivity index (χ1v) is 7.04. The molecule has 1 rings (SSSR count). The molecule has 0 saturated carbocycles. The van der Waals surface area contributed by atoms with Crippen molar-refractivity contribution >= 4 is 11.8 Å². The van der Waals surface area contributed by atoms with Crippen LogP contribution in [0.5, 0.6) is 0 Å². The van der Waals surface area contributed by atoms with Crippen molar-refractivity contribution in [3.8, 4) is 0 Å². The fourth-order valence-electron chi connectivity index (χ4n) is 2.25. The first-order valence-electron chi connectivity index (χ1n) is 7.04. The molecule has 0 aliphatic carbocycles. The van der Waals surface area contributed by atoms with Gasteiger partial charge < -0.3 is 15.3 Å². The molecule has 0 aromatic rings. The molecule has 0 unspecified atom stereocenters. The van der Waals surface area contributed by atoms with Gasteiger partial charge in [0.1, 0.15) is 0 Å². The molecule has 1 aliphatic rings. The van der Waals surface area contributed by atoms with Gasteiger partial charge in [0.05, 0.1) is 0 Å². The molecule has 1 aliphatic heterocycles. The van der Waals surface area contributed by atoms with E-state index in [2.05, 4.69) is 5.32 Å². The van der Waals surface area contributed by atoms with E-state index in [1.807, 2.05) is 25.7 Å². The molecule has 1 fully saturated rings. The van der Waals surface area contributed by atoms with Gasteiger partial charge in [-0.2, -0.15) is 0 Å². The predicted octanol–water partition coefficient (Wildman–Crippen LogP) is 0.770. The molecule has 0 atom stereocenters. The maximum atomic E-state index is 12.1. The molecular formula is C14H26N2O3. The molecule has 110 valence electrons. The summed E-state index contributed by atoms with van der Waals surface area (Å²) >= 11 is 0. The van der Waals surface area contributed by atoms with Gasteiger partial charge in [0.2, 0.25) is 11.8 Å². The lowest BCUT2D eigenvalue weighted by molar-refractivity contribution is -0.142. The topological polar surface area (TPSA) is 69.6 Å². The fraction of sp³-hybridized carbons (Fsp3) is 0.857. The smallest absolute Gasteiger partial charge is 0.227 e. The normalized spacial score (nSPS) is 17.4. The molecule has 2 amide bonds. The fourth-order valence-corrected chi connectivity index (χ4v) is 2.25. The minimum absolute atomic E-state index is 0.00251. The summed E-state index contributed by atoms with van der Waals surface area (Å²) in [6, 6.07) is 0. The number of aliphatic hydroxyl groups excluding tert-OH is 1. The number of likely N-dealkylation sites (tertiary alicyclic amines) is 1. The molecular weight excluding hydrogens is 244 g/mol. The number of hydrogen-bond acceptors (Lipinski definition) is 3. The van der Waals surface area contributed by atoms with Gasteiger partial charge in [0.15, 0.2) is 0 Å². The van der Waals surface area contributed by atoms with E-state index >= 15 is 0 Å². The number of nitrogens with one attached hydrogen (secondary N) is 1. The molecule has 2 N–H and O–H groups in total. The van der Waals surface area contributed by atoms with Crippen LogP contribution in [0.3, 0.4) is 0 Å². The van der Waals surface area contributed by atoms with Crippen LogP contribution in [0.15, 0.2) is 0 Å². The van der Waals surface area contributed by atoms with Crippen molar-refractivity contribution in [3.63, 3.8) is 0 Å². The summed E-state index contributed by atoms with van der Waals surface area (Å²) in [6.07, 6.45) is 2.05. The van der Waals surface area contributed by atoms with E-state index in [-0.39, 0.29) is 29.8 Å². The summed E-state index contributed by atoms with van der Waals surface area (Å²) in [5, 5.41) is 11.5. The molecule has 0 bridgehead atoms. The average Bonchev–Trinajstić information content (AvgIpc) is 2.37. The molecule has 0 aromatic carbocycles. The van der Waals surface area contributed by atoms with Crippen molar-refractivity contribution < 1.29 is 14.7 Å². The predicted molar refractivity (Wildman–Crippen MR) is 73.5 cm³/mol. The number of carbonyl (C=O) groups excluding carboxylic acids is 2. The van der Waals surface area contributed by atoms with Crippen LogP contribution in [-0.4, -0.2) is 48.1 Å².